The van der Waals surface area contributed by atoms with Gasteiger partial charge >= 0.3 is 11.7 Å². The van der Waals surface area contributed by atoms with Crippen LogP contribution in [0.1, 0.15) is 66.7 Å². The number of imidazole rings is 1. The second kappa shape index (κ2) is 7.83. The number of aromatic carboxylic acids is 1. The molecule has 0 spiro atoms. The van der Waals surface area contributed by atoms with E-state index in [1.165, 1.54) is 12.8 Å². The molecule has 0 radical (unpaired) electrons. The van der Waals surface area contributed by atoms with Crippen molar-refractivity contribution in [3.05, 3.63) is 51.7 Å². The molecule has 162 valence electrons. The van der Waals surface area contributed by atoms with Crippen LogP contribution in [-0.4, -0.2) is 36.2 Å². The Hall–Kier alpha value is -3.16. The van der Waals surface area contributed by atoms with Gasteiger partial charge in [0.25, 0.3) is 0 Å². The standard InChI is InChI=1S/C23H27N5O3/c1-2-10-27-21-18(25-19(26-21)15-7-3-4-8-15)20-24-17(13-28(20)23(27)31)12-14-6-5-9-16(11-14)22(29)30/h5-6,9,11,15,17,24H,2-4,7-8,10,12-13H2,1H3,(H,29,30). The molecule has 0 bridgehead atoms. The van der Waals surface area contributed by atoms with E-state index in [2.05, 4.69) is 12.2 Å². The van der Waals surface area contributed by atoms with Crippen molar-refractivity contribution in [2.75, 3.05) is 5.32 Å². The van der Waals surface area contributed by atoms with E-state index >= 15 is 0 Å². The Morgan fingerprint density at radius 1 is 1.26 bits per heavy atom. The van der Waals surface area contributed by atoms with E-state index in [1.54, 1.807) is 27.3 Å². The van der Waals surface area contributed by atoms with Crippen LogP contribution in [-0.2, 0) is 19.5 Å². The molecule has 1 saturated carbocycles. The van der Waals surface area contributed by atoms with Crippen LogP contribution in [0.25, 0.3) is 11.5 Å². The summed E-state index contributed by atoms with van der Waals surface area (Å²) in [4.78, 5) is 34.3. The van der Waals surface area contributed by atoms with Crippen LogP contribution < -0.4 is 11.0 Å². The molecule has 1 atom stereocenters. The SMILES string of the molecule is CCCn1c2nc(C3CCCC3)nc-2c2n(c1=O)CC(Cc1cccc(C(=O)O)c1)N2. The molecule has 1 aromatic rings. The molecule has 31 heavy (non-hydrogen) atoms. The van der Waals surface area contributed by atoms with Crippen molar-refractivity contribution in [2.45, 2.75) is 70.5 Å². The number of rotatable bonds is 6. The van der Waals surface area contributed by atoms with E-state index in [-0.39, 0.29) is 17.3 Å². The summed E-state index contributed by atoms with van der Waals surface area (Å²) in [6.45, 7) is 3.20. The maximum Gasteiger partial charge on any atom is 0.335 e. The summed E-state index contributed by atoms with van der Waals surface area (Å²) >= 11 is 0. The van der Waals surface area contributed by atoms with Crippen LogP contribution in [0.4, 0.5) is 5.82 Å². The van der Waals surface area contributed by atoms with Crippen LogP contribution in [0.15, 0.2) is 29.1 Å². The minimum Gasteiger partial charge on any atom is -0.478 e. The van der Waals surface area contributed by atoms with E-state index < -0.39 is 5.97 Å². The van der Waals surface area contributed by atoms with Crippen molar-refractivity contribution in [2.24, 2.45) is 0 Å². The lowest BCUT2D eigenvalue weighted by molar-refractivity contribution is 0.0696. The van der Waals surface area contributed by atoms with E-state index in [9.17, 15) is 14.7 Å². The molecule has 4 aliphatic rings. The van der Waals surface area contributed by atoms with Gasteiger partial charge in [-0.25, -0.2) is 19.6 Å². The predicted molar refractivity (Wildman–Crippen MR) is 117 cm³/mol. The van der Waals surface area contributed by atoms with Crippen LogP contribution in [0.2, 0.25) is 0 Å². The van der Waals surface area contributed by atoms with Gasteiger partial charge in [0.15, 0.2) is 5.82 Å². The lowest BCUT2D eigenvalue weighted by atomic mass is 10.0. The van der Waals surface area contributed by atoms with Crippen molar-refractivity contribution >= 4 is 11.8 Å². The van der Waals surface area contributed by atoms with Crippen LogP contribution in [0.3, 0.4) is 0 Å². The minimum absolute atomic E-state index is 0.0101. The van der Waals surface area contributed by atoms with E-state index in [4.69, 9.17) is 9.97 Å². The van der Waals surface area contributed by atoms with Crippen molar-refractivity contribution in [1.82, 2.24) is 19.1 Å². The van der Waals surface area contributed by atoms with Crippen molar-refractivity contribution in [3.63, 3.8) is 0 Å². The van der Waals surface area contributed by atoms with E-state index in [0.29, 0.717) is 31.3 Å². The smallest absolute Gasteiger partial charge is 0.335 e. The minimum atomic E-state index is -0.936. The first kappa shape index (κ1) is 19.8. The maximum absolute atomic E-state index is 13.3. The third-order valence-electron chi connectivity index (χ3n) is 6.44. The first-order valence-electron chi connectivity index (χ1n) is 11.1. The molecule has 1 aliphatic carbocycles. The highest BCUT2D eigenvalue weighted by Crippen LogP contribution is 2.37. The predicted octanol–water partition coefficient (Wildman–Crippen LogP) is 3.35. The van der Waals surface area contributed by atoms with Crippen LogP contribution in [0, 0.1) is 0 Å². The number of benzene rings is 1. The molecule has 8 heteroatoms. The van der Waals surface area contributed by atoms with Gasteiger partial charge in [-0.05, 0) is 43.4 Å². The normalized spacial score (nSPS) is 18.4. The summed E-state index contributed by atoms with van der Waals surface area (Å²) in [6, 6.07) is 6.96. The molecule has 3 heterocycles. The fraction of sp³-hybridized carbons (Fsp3) is 0.478. The molecule has 1 aromatic carbocycles. The molecular formula is C23H27N5O3. The molecule has 5 rings (SSSR count). The Kier molecular flexibility index (Phi) is 5.00. The number of hydrogen-bond donors (Lipinski definition) is 2. The lowest BCUT2D eigenvalue weighted by Gasteiger charge is -2.13. The van der Waals surface area contributed by atoms with Crippen LogP contribution in [0.5, 0.6) is 0 Å². The summed E-state index contributed by atoms with van der Waals surface area (Å²) in [5.41, 5.74) is 1.92. The third kappa shape index (κ3) is 3.49. The number of hydrogen-bond acceptors (Lipinski definition) is 5. The number of carbonyl (C=O) groups is 1. The Bertz CT molecular complexity index is 1160. The Balaban J connectivity index is 1.50. The third-order valence-corrected chi connectivity index (χ3v) is 6.44. The van der Waals surface area contributed by atoms with Crippen molar-refractivity contribution < 1.29 is 9.90 Å². The number of nitrogens with zero attached hydrogens (tertiary/aromatic N) is 4. The van der Waals surface area contributed by atoms with Gasteiger partial charge in [-0.15, -0.1) is 0 Å². The van der Waals surface area contributed by atoms with Gasteiger partial charge in [-0.2, -0.15) is 0 Å². The summed E-state index contributed by atoms with van der Waals surface area (Å²) in [7, 11) is 0. The van der Waals surface area contributed by atoms with Gasteiger partial charge in [-0.1, -0.05) is 31.9 Å². The second-order valence-electron chi connectivity index (χ2n) is 8.68. The highest BCUT2D eigenvalue weighted by Gasteiger charge is 2.33. The topological polar surface area (TPSA) is 102 Å². The molecular weight excluding hydrogens is 394 g/mol. The molecule has 8 nitrogen and oxygen atoms in total. The molecule has 0 saturated heterocycles. The van der Waals surface area contributed by atoms with Crippen molar-refractivity contribution in [3.8, 4) is 11.5 Å². The van der Waals surface area contributed by atoms with Gasteiger partial charge in [0.2, 0.25) is 0 Å². The molecule has 3 aliphatic heterocycles. The fourth-order valence-electron chi connectivity index (χ4n) is 4.96. The van der Waals surface area contributed by atoms with Gasteiger partial charge in [0.1, 0.15) is 17.3 Å². The monoisotopic (exact) mass is 421 g/mol. The number of carboxylic acids is 1. The fourth-order valence-corrected chi connectivity index (χ4v) is 4.96. The second-order valence-corrected chi connectivity index (χ2v) is 8.68. The first-order valence-corrected chi connectivity index (χ1v) is 11.1. The summed E-state index contributed by atoms with van der Waals surface area (Å²) in [5, 5.41) is 12.7. The average Bonchev–Trinajstić information content (AvgIpc) is 3.50. The van der Waals surface area contributed by atoms with Gasteiger partial charge in [0.05, 0.1) is 5.56 Å². The number of nitrogens with one attached hydrogen (secondary N) is 1. The summed E-state index contributed by atoms with van der Waals surface area (Å²) < 4.78 is 3.54. The number of anilines is 1. The zero-order valence-electron chi connectivity index (χ0n) is 17.7. The quantitative estimate of drug-likeness (QED) is 0.633. The first-order chi connectivity index (χ1) is 15.0. The number of fused-ring (bicyclic) bond motifs is 3. The molecule has 2 N–H and O–H groups in total. The van der Waals surface area contributed by atoms with Crippen LogP contribution >= 0.6 is 0 Å². The molecule has 0 amide bonds. The Morgan fingerprint density at radius 2 is 2.06 bits per heavy atom. The maximum atomic E-state index is 13.3. The molecule has 1 unspecified atom stereocenters. The Morgan fingerprint density at radius 3 is 2.81 bits per heavy atom. The number of carboxylic acid groups (broad SMARTS) is 1. The molecule has 0 aromatic heterocycles. The highest BCUT2D eigenvalue weighted by molar-refractivity contribution is 5.87. The summed E-state index contributed by atoms with van der Waals surface area (Å²) in [5.74, 6) is 1.73. The number of aromatic nitrogens is 4. The molecule has 1 fully saturated rings. The average molecular weight is 422 g/mol. The Labute approximate surface area is 180 Å². The van der Waals surface area contributed by atoms with Crippen molar-refractivity contribution in [1.29, 1.82) is 0 Å². The largest absolute Gasteiger partial charge is 0.478 e. The van der Waals surface area contributed by atoms with Gasteiger partial charge < -0.3 is 10.4 Å². The van der Waals surface area contributed by atoms with E-state index in [0.717, 1.165) is 42.2 Å². The lowest BCUT2D eigenvalue weighted by Crippen LogP contribution is -2.32. The zero-order valence-corrected chi connectivity index (χ0v) is 17.7. The van der Waals surface area contributed by atoms with Gasteiger partial charge in [-0.3, -0.25) is 9.13 Å². The zero-order chi connectivity index (χ0) is 21.5. The highest BCUT2D eigenvalue weighted by atomic mass is 16.4. The summed E-state index contributed by atoms with van der Waals surface area (Å²) in [6.07, 6.45) is 6.11. The van der Waals surface area contributed by atoms with E-state index in [1.807, 2.05) is 6.07 Å². The van der Waals surface area contributed by atoms with Gasteiger partial charge in [0, 0.05) is 25.0 Å².